The van der Waals surface area contributed by atoms with Gasteiger partial charge >= 0.3 is 0 Å². The fourth-order valence-electron chi connectivity index (χ4n) is 1.20. The van der Waals surface area contributed by atoms with Crippen molar-refractivity contribution in [1.82, 2.24) is 10.9 Å². The van der Waals surface area contributed by atoms with Crippen LogP contribution in [0.2, 0.25) is 0 Å². The Morgan fingerprint density at radius 3 is 2.82 bits per heavy atom. The summed E-state index contributed by atoms with van der Waals surface area (Å²) in [5.74, 6) is 1.04. The molecule has 3 aliphatic rings. The van der Waals surface area contributed by atoms with Crippen molar-refractivity contribution in [2.75, 3.05) is 0 Å². The zero-order valence-corrected chi connectivity index (χ0v) is 6.09. The van der Waals surface area contributed by atoms with Crippen LogP contribution in [0.1, 0.15) is 12.8 Å². The molecule has 3 nitrogen and oxygen atoms in total. The molecule has 3 rings (SSSR count). The van der Waals surface area contributed by atoms with Crippen LogP contribution in [0, 0.1) is 0 Å². The molecule has 2 N–H and O–H groups in total. The van der Waals surface area contributed by atoms with E-state index in [4.69, 9.17) is 0 Å². The number of hydrogen-bond donors (Lipinski definition) is 2. The Balaban J connectivity index is 1.81. The van der Waals surface area contributed by atoms with Gasteiger partial charge in [0.05, 0.1) is 0 Å². The van der Waals surface area contributed by atoms with Crippen molar-refractivity contribution in [3.05, 3.63) is 23.3 Å². The molecule has 0 amide bonds. The molecule has 0 saturated heterocycles. The van der Waals surface area contributed by atoms with Crippen LogP contribution in [-0.4, -0.2) is 12.0 Å². The predicted octanol–water partition coefficient (Wildman–Crippen LogP) is 0.479. The maximum Gasteiger partial charge on any atom is 0.140 e. The summed E-state index contributed by atoms with van der Waals surface area (Å²) in [4.78, 5) is 4.47. The highest BCUT2D eigenvalue weighted by atomic mass is 15.5. The van der Waals surface area contributed by atoms with E-state index in [2.05, 4.69) is 28.0 Å². The standard InChI is InChI=1S/C8H9N3/c1-2-5(1)7-9-8(11-10-7)6-3-4-6/h1,3,7,10H,2,4H2,(H,9,11). The molecule has 1 aliphatic heterocycles. The van der Waals surface area contributed by atoms with Crippen LogP contribution in [-0.2, 0) is 0 Å². The van der Waals surface area contributed by atoms with Gasteiger partial charge in [-0.05, 0) is 24.0 Å². The molecule has 1 atom stereocenters. The first kappa shape index (κ1) is 5.55. The van der Waals surface area contributed by atoms with Gasteiger partial charge in [-0.2, -0.15) is 0 Å². The molecule has 0 saturated carbocycles. The van der Waals surface area contributed by atoms with Crippen molar-refractivity contribution in [3.63, 3.8) is 0 Å². The van der Waals surface area contributed by atoms with E-state index in [0.717, 1.165) is 18.7 Å². The molecule has 56 valence electrons. The van der Waals surface area contributed by atoms with E-state index in [1.807, 2.05) is 0 Å². The minimum Gasteiger partial charge on any atom is -0.304 e. The maximum absolute atomic E-state index is 4.47. The number of rotatable bonds is 2. The van der Waals surface area contributed by atoms with Crippen molar-refractivity contribution in [2.24, 2.45) is 4.99 Å². The minimum absolute atomic E-state index is 0.228. The van der Waals surface area contributed by atoms with Crippen molar-refractivity contribution in [3.8, 4) is 0 Å². The normalized spacial score (nSPS) is 32.0. The molecule has 0 bridgehead atoms. The Labute approximate surface area is 64.9 Å². The second-order valence-electron chi connectivity index (χ2n) is 3.07. The van der Waals surface area contributed by atoms with Crippen molar-refractivity contribution < 1.29 is 0 Å². The molecule has 11 heavy (non-hydrogen) atoms. The maximum atomic E-state index is 4.47. The average molecular weight is 147 g/mol. The van der Waals surface area contributed by atoms with Crippen LogP contribution in [0.5, 0.6) is 0 Å². The van der Waals surface area contributed by atoms with Crippen LogP contribution in [0.4, 0.5) is 0 Å². The highest BCUT2D eigenvalue weighted by molar-refractivity contribution is 6.02. The SMILES string of the molecule is C1=C(C2=NC(C3=CC3)NN2)C1. The summed E-state index contributed by atoms with van der Waals surface area (Å²) in [6, 6.07) is 0. The quantitative estimate of drug-likeness (QED) is 0.557. The fraction of sp³-hybridized carbons (Fsp3) is 0.375. The van der Waals surface area contributed by atoms with Crippen LogP contribution in [0.3, 0.4) is 0 Å². The van der Waals surface area contributed by atoms with Crippen molar-refractivity contribution in [1.29, 1.82) is 0 Å². The van der Waals surface area contributed by atoms with E-state index < -0.39 is 0 Å². The zero-order valence-electron chi connectivity index (χ0n) is 6.09. The topological polar surface area (TPSA) is 36.4 Å². The van der Waals surface area contributed by atoms with Gasteiger partial charge in [0.25, 0.3) is 0 Å². The third-order valence-corrected chi connectivity index (χ3v) is 2.09. The predicted molar refractivity (Wildman–Crippen MR) is 42.9 cm³/mol. The van der Waals surface area contributed by atoms with E-state index in [-0.39, 0.29) is 6.17 Å². The summed E-state index contributed by atoms with van der Waals surface area (Å²) >= 11 is 0. The van der Waals surface area contributed by atoms with Gasteiger partial charge in [-0.1, -0.05) is 12.2 Å². The van der Waals surface area contributed by atoms with Crippen LogP contribution in [0.25, 0.3) is 0 Å². The van der Waals surface area contributed by atoms with Gasteiger partial charge in [-0.3, -0.25) is 0 Å². The Hall–Kier alpha value is -1.09. The first-order valence-corrected chi connectivity index (χ1v) is 3.91. The Bertz CT molecular complexity index is 298. The number of allylic oxidation sites excluding steroid dienone is 2. The van der Waals surface area contributed by atoms with Gasteiger partial charge in [0.2, 0.25) is 0 Å². The third-order valence-electron chi connectivity index (χ3n) is 2.09. The van der Waals surface area contributed by atoms with E-state index in [0.29, 0.717) is 0 Å². The number of hydrazine groups is 1. The molecule has 3 heteroatoms. The van der Waals surface area contributed by atoms with Gasteiger partial charge in [-0.15, -0.1) is 0 Å². The molecule has 0 aromatic heterocycles. The van der Waals surface area contributed by atoms with E-state index in [1.165, 1.54) is 11.1 Å². The second kappa shape index (κ2) is 1.74. The van der Waals surface area contributed by atoms with E-state index >= 15 is 0 Å². The monoisotopic (exact) mass is 147 g/mol. The smallest absolute Gasteiger partial charge is 0.140 e. The first-order valence-electron chi connectivity index (χ1n) is 3.91. The van der Waals surface area contributed by atoms with Gasteiger partial charge < -0.3 is 5.43 Å². The lowest BCUT2D eigenvalue weighted by Gasteiger charge is -1.99. The summed E-state index contributed by atoms with van der Waals surface area (Å²) in [5.41, 5.74) is 8.97. The van der Waals surface area contributed by atoms with Gasteiger partial charge in [0.15, 0.2) is 0 Å². The Morgan fingerprint density at radius 2 is 2.18 bits per heavy atom. The van der Waals surface area contributed by atoms with E-state index in [1.54, 1.807) is 0 Å². The largest absolute Gasteiger partial charge is 0.304 e. The van der Waals surface area contributed by atoms with E-state index in [9.17, 15) is 0 Å². The van der Waals surface area contributed by atoms with Crippen molar-refractivity contribution >= 4 is 5.84 Å². The lowest BCUT2D eigenvalue weighted by Crippen LogP contribution is -2.34. The van der Waals surface area contributed by atoms with Gasteiger partial charge in [0.1, 0.15) is 12.0 Å². The van der Waals surface area contributed by atoms with Crippen LogP contribution in [0.15, 0.2) is 28.3 Å². The molecule has 0 spiro atoms. The highest BCUT2D eigenvalue weighted by Gasteiger charge is 2.27. The summed E-state index contributed by atoms with van der Waals surface area (Å²) in [6.45, 7) is 0. The fourth-order valence-corrected chi connectivity index (χ4v) is 1.20. The summed E-state index contributed by atoms with van der Waals surface area (Å²) in [5, 5.41) is 0. The van der Waals surface area contributed by atoms with Crippen molar-refractivity contribution in [2.45, 2.75) is 19.0 Å². The Kier molecular flexibility index (Phi) is 0.876. The van der Waals surface area contributed by atoms with Crippen LogP contribution >= 0.6 is 0 Å². The Morgan fingerprint density at radius 1 is 1.36 bits per heavy atom. The minimum atomic E-state index is 0.228. The molecule has 2 aliphatic carbocycles. The molecule has 0 radical (unpaired) electrons. The number of hydrogen-bond acceptors (Lipinski definition) is 3. The first-order chi connectivity index (χ1) is 5.43. The number of aliphatic imine (C=N–C) groups is 1. The molecule has 0 aromatic carbocycles. The van der Waals surface area contributed by atoms with Gasteiger partial charge in [-0.25, -0.2) is 10.4 Å². The number of amidine groups is 1. The molecule has 0 aromatic rings. The van der Waals surface area contributed by atoms with Gasteiger partial charge in [0, 0.05) is 0 Å². The highest BCUT2D eigenvalue weighted by Crippen LogP contribution is 2.27. The molecule has 1 heterocycles. The van der Waals surface area contributed by atoms with Crippen LogP contribution < -0.4 is 10.9 Å². The number of nitrogens with one attached hydrogen (secondary N) is 2. The zero-order chi connectivity index (χ0) is 7.26. The lowest BCUT2D eigenvalue weighted by atomic mass is 10.4. The molecule has 1 unspecified atom stereocenters. The summed E-state index contributed by atoms with van der Waals surface area (Å²) < 4.78 is 0. The lowest BCUT2D eigenvalue weighted by molar-refractivity contribution is 0.619. The molecular weight excluding hydrogens is 138 g/mol. The summed E-state index contributed by atoms with van der Waals surface area (Å²) in [7, 11) is 0. The number of nitrogens with zero attached hydrogens (tertiary/aromatic N) is 1. The second-order valence-corrected chi connectivity index (χ2v) is 3.07. The average Bonchev–Trinajstić information content (AvgIpc) is 2.90. The summed E-state index contributed by atoms with van der Waals surface area (Å²) in [6.07, 6.45) is 6.85. The molecular formula is C8H9N3. The third kappa shape index (κ3) is 0.886. The molecule has 0 fully saturated rings.